The molecule has 0 radical (unpaired) electrons. The van der Waals surface area contributed by atoms with Crippen LogP contribution in [0.1, 0.15) is 6.42 Å². The molecule has 0 bridgehead atoms. The molecular formula is C9H19N3. The molecule has 0 aromatic rings. The Bertz CT molecular complexity index is 140. The van der Waals surface area contributed by atoms with Gasteiger partial charge in [-0.25, -0.2) is 0 Å². The van der Waals surface area contributed by atoms with Crippen molar-refractivity contribution in [3.63, 3.8) is 0 Å². The predicted octanol–water partition coefficient (Wildman–Crippen LogP) is -0.500. The van der Waals surface area contributed by atoms with Crippen molar-refractivity contribution in [2.45, 2.75) is 12.5 Å². The van der Waals surface area contributed by atoms with Gasteiger partial charge in [0.15, 0.2) is 0 Å². The van der Waals surface area contributed by atoms with Crippen molar-refractivity contribution in [2.75, 3.05) is 39.8 Å². The maximum absolute atomic E-state index is 3.59. The maximum Gasteiger partial charge on any atom is 0.0233 e. The average Bonchev–Trinajstić information content (AvgIpc) is 2.54. The minimum Gasteiger partial charge on any atom is -0.314 e. The van der Waals surface area contributed by atoms with E-state index in [2.05, 4.69) is 22.6 Å². The van der Waals surface area contributed by atoms with Crippen LogP contribution in [0.5, 0.6) is 0 Å². The summed E-state index contributed by atoms with van der Waals surface area (Å²) in [6.45, 7) is 6.00. The Balaban J connectivity index is 1.83. The minimum atomic E-state index is 0.726. The summed E-state index contributed by atoms with van der Waals surface area (Å²) in [5.74, 6) is 0.878. The Hall–Kier alpha value is -0.120. The summed E-state index contributed by atoms with van der Waals surface area (Å²) in [6, 6.07) is 0.726. The van der Waals surface area contributed by atoms with Crippen LogP contribution in [0.15, 0.2) is 0 Å². The van der Waals surface area contributed by atoms with Gasteiger partial charge in [0.1, 0.15) is 0 Å². The van der Waals surface area contributed by atoms with Crippen LogP contribution in [0.25, 0.3) is 0 Å². The number of hydrogen-bond acceptors (Lipinski definition) is 3. The summed E-state index contributed by atoms with van der Waals surface area (Å²) < 4.78 is 0. The lowest BCUT2D eigenvalue weighted by molar-refractivity contribution is 0.301. The average molecular weight is 169 g/mol. The van der Waals surface area contributed by atoms with Gasteiger partial charge in [-0.1, -0.05) is 0 Å². The quantitative estimate of drug-likeness (QED) is 0.554. The molecule has 2 saturated heterocycles. The number of hydrogen-bond donors (Lipinski definition) is 2. The first-order chi connectivity index (χ1) is 5.86. The number of rotatable bonds is 1. The monoisotopic (exact) mass is 169 g/mol. The van der Waals surface area contributed by atoms with E-state index in [4.69, 9.17) is 0 Å². The fraction of sp³-hybridized carbons (Fsp3) is 1.00. The SMILES string of the molecule is CN1CCC(C2CNCCN2)C1. The number of nitrogens with zero attached hydrogens (tertiary/aromatic N) is 1. The zero-order valence-corrected chi connectivity index (χ0v) is 7.84. The molecule has 2 rings (SSSR count). The van der Waals surface area contributed by atoms with Crippen molar-refractivity contribution in [2.24, 2.45) is 5.92 Å². The highest BCUT2D eigenvalue weighted by atomic mass is 15.1. The molecule has 2 atom stereocenters. The molecule has 2 fully saturated rings. The molecule has 12 heavy (non-hydrogen) atoms. The van der Waals surface area contributed by atoms with E-state index in [9.17, 15) is 0 Å². The largest absolute Gasteiger partial charge is 0.314 e. The standard InChI is InChI=1S/C9H19N3/c1-12-5-2-8(7-12)9-6-10-3-4-11-9/h8-11H,2-7H2,1H3. The van der Waals surface area contributed by atoms with Crippen LogP contribution in [0.4, 0.5) is 0 Å². The Morgan fingerprint density at radius 2 is 2.25 bits per heavy atom. The second-order valence-electron chi connectivity index (χ2n) is 4.08. The van der Waals surface area contributed by atoms with E-state index in [0.29, 0.717) is 0 Å². The highest BCUT2D eigenvalue weighted by Gasteiger charge is 2.28. The van der Waals surface area contributed by atoms with Crippen LogP contribution >= 0.6 is 0 Å². The smallest absolute Gasteiger partial charge is 0.0233 e. The van der Waals surface area contributed by atoms with Crippen molar-refractivity contribution in [3.8, 4) is 0 Å². The second-order valence-corrected chi connectivity index (χ2v) is 4.08. The molecular weight excluding hydrogens is 150 g/mol. The molecule has 2 aliphatic heterocycles. The van der Waals surface area contributed by atoms with E-state index >= 15 is 0 Å². The van der Waals surface area contributed by atoms with Gasteiger partial charge in [0, 0.05) is 32.2 Å². The van der Waals surface area contributed by atoms with E-state index in [1.54, 1.807) is 0 Å². The van der Waals surface area contributed by atoms with Crippen LogP contribution in [-0.2, 0) is 0 Å². The molecule has 0 aromatic carbocycles. The lowest BCUT2D eigenvalue weighted by Crippen LogP contribution is -2.52. The lowest BCUT2D eigenvalue weighted by atomic mass is 9.98. The molecule has 0 saturated carbocycles. The van der Waals surface area contributed by atoms with Crippen molar-refractivity contribution in [1.82, 2.24) is 15.5 Å². The Labute approximate surface area is 74.5 Å². The van der Waals surface area contributed by atoms with Crippen molar-refractivity contribution >= 4 is 0 Å². The van der Waals surface area contributed by atoms with Crippen LogP contribution in [-0.4, -0.2) is 50.7 Å². The molecule has 3 nitrogen and oxygen atoms in total. The summed E-state index contributed by atoms with van der Waals surface area (Å²) in [7, 11) is 2.22. The molecule has 0 aliphatic carbocycles. The predicted molar refractivity (Wildman–Crippen MR) is 50.3 cm³/mol. The van der Waals surface area contributed by atoms with E-state index < -0.39 is 0 Å². The molecule has 70 valence electrons. The molecule has 0 amide bonds. The van der Waals surface area contributed by atoms with Gasteiger partial charge in [-0.05, 0) is 25.9 Å². The summed E-state index contributed by atoms with van der Waals surface area (Å²) >= 11 is 0. The van der Waals surface area contributed by atoms with Gasteiger partial charge in [-0.2, -0.15) is 0 Å². The van der Waals surface area contributed by atoms with Crippen molar-refractivity contribution < 1.29 is 0 Å². The molecule has 0 spiro atoms. The fourth-order valence-electron chi connectivity index (χ4n) is 2.31. The first-order valence-corrected chi connectivity index (χ1v) is 4.99. The van der Waals surface area contributed by atoms with Gasteiger partial charge in [0.2, 0.25) is 0 Å². The van der Waals surface area contributed by atoms with Crippen molar-refractivity contribution in [1.29, 1.82) is 0 Å². The minimum absolute atomic E-state index is 0.726. The summed E-state index contributed by atoms with van der Waals surface area (Å²) in [5.41, 5.74) is 0. The van der Waals surface area contributed by atoms with E-state index in [1.165, 1.54) is 26.1 Å². The summed E-state index contributed by atoms with van der Waals surface area (Å²) in [4.78, 5) is 2.43. The highest BCUT2D eigenvalue weighted by molar-refractivity contribution is 4.87. The van der Waals surface area contributed by atoms with Crippen LogP contribution in [0.2, 0.25) is 0 Å². The van der Waals surface area contributed by atoms with E-state index in [-0.39, 0.29) is 0 Å². The first-order valence-electron chi connectivity index (χ1n) is 4.99. The van der Waals surface area contributed by atoms with Gasteiger partial charge in [0.25, 0.3) is 0 Å². The Morgan fingerprint density at radius 1 is 1.33 bits per heavy atom. The highest BCUT2D eigenvalue weighted by Crippen LogP contribution is 2.18. The van der Waals surface area contributed by atoms with Gasteiger partial charge >= 0.3 is 0 Å². The Morgan fingerprint density at radius 3 is 2.83 bits per heavy atom. The van der Waals surface area contributed by atoms with Crippen molar-refractivity contribution in [3.05, 3.63) is 0 Å². The van der Waals surface area contributed by atoms with Crippen LogP contribution in [0.3, 0.4) is 0 Å². The maximum atomic E-state index is 3.59. The third-order valence-corrected chi connectivity index (χ3v) is 3.07. The topological polar surface area (TPSA) is 27.3 Å². The third kappa shape index (κ3) is 1.79. The normalized spacial score (nSPS) is 38.8. The molecule has 2 aliphatic rings. The Kier molecular flexibility index (Phi) is 2.63. The lowest BCUT2D eigenvalue weighted by Gasteiger charge is -2.29. The van der Waals surface area contributed by atoms with Crippen LogP contribution in [0, 0.1) is 5.92 Å². The molecule has 3 heteroatoms. The fourth-order valence-corrected chi connectivity index (χ4v) is 2.31. The number of likely N-dealkylation sites (tertiary alicyclic amines) is 1. The van der Waals surface area contributed by atoms with Gasteiger partial charge in [-0.15, -0.1) is 0 Å². The second kappa shape index (κ2) is 3.73. The van der Waals surface area contributed by atoms with Gasteiger partial charge in [0.05, 0.1) is 0 Å². The zero-order valence-electron chi connectivity index (χ0n) is 7.84. The summed E-state index contributed by atoms with van der Waals surface area (Å²) in [5, 5.41) is 7.04. The number of nitrogens with one attached hydrogen (secondary N) is 2. The first kappa shape index (κ1) is 8.48. The third-order valence-electron chi connectivity index (χ3n) is 3.07. The van der Waals surface area contributed by atoms with Crippen LogP contribution < -0.4 is 10.6 Å². The molecule has 2 unspecified atom stereocenters. The zero-order chi connectivity index (χ0) is 8.39. The van der Waals surface area contributed by atoms with E-state index in [0.717, 1.165) is 25.0 Å². The molecule has 2 N–H and O–H groups in total. The molecule has 0 aromatic heterocycles. The van der Waals surface area contributed by atoms with Gasteiger partial charge in [-0.3, -0.25) is 0 Å². The summed E-state index contributed by atoms with van der Waals surface area (Å²) in [6.07, 6.45) is 1.37. The number of piperazine rings is 1. The van der Waals surface area contributed by atoms with E-state index in [1.807, 2.05) is 0 Å². The van der Waals surface area contributed by atoms with Gasteiger partial charge < -0.3 is 15.5 Å². The molecule has 2 heterocycles.